The summed E-state index contributed by atoms with van der Waals surface area (Å²) in [4.78, 5) is 19.1. The van der Waals surface area contributed by atoms with Gasteiger partial charge in [0.15, 0.2) is 0 Å². The molecule has 0 unspecified atom stereocenters. The summed E-state index contributed by atoms with van der Waals surface area (Å²) in [6.07, 6.45) is 2.74. The third kappa shape index (κ3) is 2.33. The number of aromatic nitrogens is 2. The molecule has 122 valence electrons. The number of methoxy groups -OCH3 is 1. The predicted molar refractivity (Wildman–Crippen MR) is 92.1 cm³/mol. The highest BCUT2D eigenvalue weighted by atomic mass is 16.5. The summed E-state index contributed by atoms with van der Waals surface area (Å²) in [5, 5.41) is 0. The van der Waals surface area contributed by atoms with Crippen molar-refractivity contribution in [1.29, 1.82) is 0 Å². The number of carbonyl (C=O) groups excluding carboxylic acids is 1. The lowest BCUT2D eigenvalue weighted by molar-refractivity contribution is 0.0460. The number of ether oxygens (including phenoxy) is 1. The fraction of sp³-hybridized carbons (Fsp3) is 0.263. The average Bonchev–Trinajstić information content (AvgIpc) is 2.94. The summed E-state index contributed by atoms with van der Waals surface area (Å²) in [6, 6.07) is 13.8. The Morgan fingerprint density at radius 3 is 2.88 bits per heavy atom. The number of fused-ring (bicyclic) bond motifs is 1. The van der Waals surface area contributed by atoms with Gasteiger partial charge in [-0.1, -0.05) is 12.1 Å². The van der Waals surface area contributed by atoms with Gasteiger partial charge >= 0.3 is 0 Å². The van der Waals surface area contributed by atoms with Crippen molar-refractivity contribution >= 4 is 16.9 Å². The summed E-state index contributed by atoms with van der Waals surface area (Å²) in [5.41, 5.74) is 3.68. The maximum atomic E-state index is 12.9. The molecule has 0 saturated carbocycles. The third-order valence-corrected chi connectivity index (χ3v) is 4.73. The molecule has 2 heterocycles. The van der Waals surface area contributed by atoms with Crippen molar-refractivity contribution in [3.8, 4) is 5.75 Å². The highest BCUT2D eigenvalue weighted by Gasteiger charge is 2.34. The van der Waals surface area contributed by atoms with Gasteiger partial charge in [-0.25, -0.2) is 4.98 Å². The molecule has 1 aromatic heterocycles. The second-order valence-electron chi connectivity index (χ2n) is 6.14. The minimum absolute atomic E-state index is 0.0571. The van der Waals surface area contributed by atoms with Crippen LogP contribution >= 0.6 is 0 Å². The molecule has 2 aromatic carbocycles. The lowest BCUT2D eigenvalue weighted by Gasteiger charge is -2.41. The first kappa shape index (κ1) is 14.8. The van der Waals surface area contributed by atoms with E-state index in [0.29, 0.717) is 5.56 Å². The van der Waals surface area contributed by atoms with E-state index in [0.717, 1.165) is 35.3 Å². The van der Waals surface area contributed by atoms with Gasteiger partial charge in [0.2, 0.25) is 0 Å². The summed E-state index contributed by atoms with van der Waals surface area (Å²) in [5.74, 6) is 0.878. The van der Waals surface area contributed by atoms with Crippen molar-refractivity contribution in [3.63, 3.8) is 0 Å². The van der Waals surface area contributed by atoms with Crippen LogP contribution in [0.4, 0.5) is 0 Å². The van der Waals surface area contributed by atoms with Crippen LogP contribution in [0, 0.1) is 0 Å². The summed E-state index contributed by atoms with van der Waals surface area (Å²) < 4.78 is 7.24. The minimum Gasteiger partial charge on any atom is -0.497 e. The van der Waals surface area contributed by atoms with Crippen LogP contribution in [0.1, 0.15) is 28.4 Å². The highest BCUT2D eigenvalue weighted by Crippen LogP contribution is 2.36. The van der Waals surface area contributed by atoms with Crippen molar-refractivity contribution in [2.45, 2.75) is 12.5 Å². The summed E-state index contributed by atoms with van der Waals surface area (Å²) in [7, 11) is 3.61. The van der Waals surface area contributed by atoms with Gasteiger partial charge in [-0.3, -0.25) is 4.79 Å². The van der Waals surface area contributed by atoms with Gasteiger partial charge in [0.05, 0.1) is 30.5 Å². The Morgan fingerprint density at radius 1 is 1.25 bits per heavy atom. The first-order valence-corrected chi connectivity index (χ1v) is 8.03. The van der Waals surface area contributed by atoms with E-state index in [1.54, 1.807) is 13.4 Å². The molecule has 4 rings (SSSR count). The number of imidazole rings is 1. The molecular weight excluding hydrogens is 302 g/mol. The molecule has 0 bridgehead atoms. The van der Waals surface area contributed by atoms with Crippen LogP contribution in [-0.4, -0.2) is 34.0 Å². The standard InChI is InChI=1S/C19H19N3O2/c1-21-12-20-16-11-14(6-7-18(16)21)19(23)22-9-8-17(22)13-4-3-5-15(10-13)24-2/h3-7,10-12,17H,8-9H2,1-2H3/t17-/m1/s1. The van der Waals surface area contributed by atoms with Crippen LogP contribution in [0.2, 0.25) is 0 Å². The first-order chi connectivity index (χ1) is 11.7. The minimum atomic E-state index is 0.0571. The Morgan fingerprint density at radius 2 is 2.12 bits per heavy atom. The second kappa shape index (κ2) is 5.67. The van der Waals surface area contributed by atoms with E-state index in [2.05, 4.69) is 11.1 Å². The first-order valence-electron chi connectivity index (χ1n) is 8.03. The van der Waals surface area contributed by atoms with Crippen molar-refractivity contribution in [2.75, 3.05) is 13.7 Å². The Kier molecular flexibility index (Phi) is 3.49. The zero-order valence-electron chi connectivity index (χ0n) is 13.8. The number of hydrogen-bond donors (Lipinski definition) is 0. The van der Waals surface area contributed by atoms with Crippen molar-refractivity contribution < 1.29 is 9.53 Å². The van der Waals surface area contributed by atoms with Crippen molar-refractivity contribution in [2.24, 2.45) is 7.05 Å². The van der Waals surface area contributed by atoms with E-state index < -0.39 is 0 Å². The summed E-state index contributed by atoms with van der Waals surface area (Å²) >= 11 is 0. The van der Waals surface area contributed by atoms with Gasteiger partial charge < -0.3 is 14.2 Å². The SMILES string of the molecule is COc1cccc([C@H]2CCN2C(=O)c2ccc3c(c2)ncn3C)c1. The van der Waals surface area contributed by atoms with Crippen LogP contribution in [0.15, 0.2) is 48.8 Å². The number of benzene rings is 2. The number of aryl methyl sites for hydroxylation is 1. The number of nitrogens with zero attached hydrogens (tertiary/aromatic N) is 3. The van der Waals surface area contributed by atoms with Crippen LogP contribution in [0.25, 0.3) is 11.0 Å². The van der Waals surface area contributed by atoms with Crippen molar-refractivity contribution in [3.05, 3.63) is 59.9 Å². The molecule has 0 N–H and O–H groups in total. The molecule has 1 saturated heterocycles. The zero-order valence-corrected chi connectivity index (χ0v) is 13.8. The lowest BCUT2D eigenvalue weighted by Crippen LogP contribution is -2.45. The van der Waals surface area contributed by atoms with Gasteiger partial charge in [0, 0.05) is 19.2 Å². The maximum absolute atomic E-state index is 12.9. The second-order valence-corrected chi connectivity index (χ2v) is 6.14. The van der Waals surface area contributed by atoms with Gasteiger partial charge in [0.25, 0.3) is 5.91 Å². The number of hydrogen-bond acceptors (Lipinski definition) is 3. The quantitative estimate of drug-likeness (QED) is 0.744. The van der Waals surface area contributed by atoms with E-state index in [1.165, 1.54) is 0 Å². The molecule has 1 aliphatic heterocycles. The zero-order chi connectivity index (χ0) is 16.7. The Bertz CT molecular complexity index is 916. The van der Waals surface area contributed by atoms with Crippen molar-refractivity contribution in [1.82, 2.24) is 14.5 Å². The maximum Gasteiger partial charge on any atom is 0.254 e. The van der Waals surface area contributed by atoms with Crippen LogP contribution in [0.5, 0.6) is 5.75 Å². The van der Waals surface area contributed by atoms with Gasteiger partial charge in [-0.2, -0.15) is 0 Å². The number of amides is 1. The predicted octanol–water partition coefficient (Wildman–Crippen LogP) is 3.17. The monoisotopic (exact) mass is 321 g/mol. The smallest absolute Gasteiger partial charge is 0.254 e. The highest BCUT2D eigenvalue weighted by molar-refractivity contribution is 5.98. The summed E-state index contributed by atoms with van der Waals surface area (Å²) in [6.45, 7) is 0.779. The Labute approximate surface area is 140 Å². The average molecular weight is 321 g/mol. The van der Waals surface area contributed by atoms with Crippen LogP contribution in [0.3, 0.4) is 0 Å². The van der Waals surface area contributed by atoms with E-state index in [4.69, 9.17) is 4.74 Å². The van der Waals surface area contributed by atoms with E-state index >= 15 is 0 Å². The molecule has 0 aliphatic carbocycles. The van der Waals surface area contributed by atoms with E-state index in [1.807, 2.05) is 52.9 Å². The van der Waals surface area contributed by atoms with Gasteiger partial charge in [-0.05, 0) is 42.3 Å². The van der Waals surface area contributed by atoms with Gasteiger partial charge in [-0.15, -0.1) is 0 Å². The molecule has 0 radical (unpaired) electrons. The largest absolute Gasteiger partial charge is 0.497 e. The Balaban J connectivity index is 1.61. The molecule has 1 atom stereocenters. The molecule has 1 amide bonds. The number of carbonyl (C=O) groups is 1. The van der Waals surface area contributed by atoms with Gasteiger partial charge in [0.1, 0.15) is 5.75 Å². The molecule has 0 spiro atoms. The molecule has 5 heteroatoms. The lowest BCUT2D eigenvalue weighted by atomic mass is 9.93. The van der Waals surface area contributed by atoms with Crippen LogP contribution in [-0.2, 0) is 7.05 Å². The molecular formula is C19H19N3O2. The fourth-order valence-electron chi connectivity index (χ4n) is 3.26. The third-order valence-electron chi connectivity index (χ3n) is 4.73. The topological polar surface area (TPSA) is 47.4 Å². The molecule has 1 fully saturated rings. The molecule has 3 aromatic rings. The fourth-order valence-corrected chi connectivity index (χ4v) is 3.26. The van der Waals surface area contributed by atoms with E-state index in [9.17, 15) is 4.79 Å². The molecule has 24 heavy (non-hydrogen) atoms. The number of rotatable bonds is 3. The Hall–Kier alpha value is -2.82. The normalized spacial score (nSPS) is 16.9. The molecule has 5 nitrogen and oxygen atoms in total. The number of likely N-dealkylation sites (tertiary alicyclic amines) is 1. The molecule has 1 aliphatic rings. The van der Waals surface area contributed by atoms with E-state index in [-0.39, 0.29) is 11.9 Å². The van der Waals surface area contributed by atoms with Crippen LogP contribution < -0.4 is 4.74 Å².